The van der Waals surface area contributed by atoms with Crippen LogP contribution in [0.1, 0.15) is 16.1 Å². The van der Waals surface area contributed by atoms with Gasteiger partial charge >= 0.3 is 0 Å². The van der Waals surface area contributed by atoms with E-state index in [1.165, 1.54) is 22.5 Å². The minimum atomic E-state index is -3.63. The van der Waals surface area contributed by atoms with E-state index >= 15 is 0 Å². The molecule has 1 saturated heterocycles. The number of fused-ring (bicyclic) bond motifs is 1. The van der Waals surface area contributed by atoms with Gasteiger partial charge in [0, 0.05) is 24.0 Å². The van der Waals surface area contributed by atoms with E-state index in [9.17, 15) is 18.3 Å². The first-order valence-electron chi connectivity index (χ1n) is 6.73. The molecular formula is C14H14NO6S-. The summed E-state index contributed by atoms with van der Waals surface area (Å²) in [5, 5.41) is 11.4. The number of carboxylic acid groups (broad SMARTS) is 1. The zero-order valence-corrected chi connectivity index (χ0v) is 12.7. The predicted molar refractivity (Wildman–Crippen MR) is 74.9 cm³/mol. The van der Waals surface area contributed by atoms with Gasteiger partial charge in [0.25, 0.3) is 0 Å². The van der Waals surface area contributed by atoms with Crippen molar-refractivity contribution in [3.63, 3.8) is 0 Å². The van der Waals surface area contributed by atoms with Crippen molar-refractivity contribution >= 4 is 27.0 Å². The summed E-state index contributed by atoms with van der Waals surface area (Å²) >= 11 is 0. The van der Waals surface area contributed by atoms with Crippen molar-refractivity contribution in [2.24, 2.45) is 0 Å². The van der Waals surface area contributed by atoms with Crippen LogP contribution in [0.15, 0.2) is 27.5 Å². The van der Waals surface area contributed by atoms with E-state index in [-0.39, 0.29) is 10.7 Å². The number of carbonyl (C=O) groups excluding carboxylic acids is 1. The molecule has 0 N–H and O–H groups in total. The largest absolute Gasteiger partial charge is 0.542 e. The molecule has 1 aliphatic rings. The van der Waals surface area contributed by atoms with Crippen molar-refractivity contribution in [1.29, 1.82) is 0 Å². The molecule has 1 fully saturated rings. The maximum Gasteiger partial charge on any atom is 0.243 e. The lowest BCUT2D eigenvalue weighted by Crippen LogP contribution is -2.40. The summed E-state index contributed by atoms with van der Waals surface area (Å²) in [5.74, 6) is -1.71. The number of carbonyl (C=O) groups is 1. The van der Waals surface area contributed by atoms with Crippen LogP contribution in [0.25, 0.3) is 11.0 Å². The fourth-order valence-corrected chi connectivity index (χ4v) is 3.93. The zero-order valence-electron chi connectivity index (χ0n) is 11.9. The summed E-state index contributed by atoms with van der Waals surface area (Å²) in [6.45, 7) is 2.88. The monoisotopic (exact) mass is 324 g/mol. The normalized spacial score (nSPS) is 17.0. The highest BCUT2D eigenvalue weighted by Gasteiger charge is 2.27. The maximum absolute atomic E-state index is 12.6. The van der Waals surface area contributed by atoms with Crippen LogP contribution < -0.4 is 5.11 Å². The van der Waals surface area contributed by atoms with E-state index < -0.39 is 16.0 Å². The van der Waals surface area contributed by atoms with Gasteiger partial charge in [-0.1, -0.05) is 0 Å². The van der Waals surface area contributed by atoms with Gasteiger partial charge < -0.3 is 19.1 Å². The Morgan fingerprint density at radius 3 is 2.59 bits per heavy atom. The number of morpholine rings is 1. The second-order valence-electron chi connectivity index (χ2n) is 5.02. The average Bonchev–Trinajstić information content (AvgIpc) is 2.85. The molecule has 2 heterocycles. The topological polar surface area (TPSA) is 99.9 Å². The van der Waals surface area contributed by atoms with Gasteiger partial charge in [-0.25, -0.2) is 8.42 Å². The number of hydrogen-bond donors (Lipinski definition) is 0. The Kier molecular flexibility index (Phi) is 3.67. The van der Waals surface area contributed by atoms with Crippen LogP contribution >= 0.6 is 0 Å². The highest BCUT2D eigenvalue weighted by Crippen LogP contribution is 2.28. The second-order valence-corrected chi connectivity index (χ2v) is 6.96. The Balaban J connectivity index is 2.08. The molecule has 0 atom stereocenters. The van der Waals surface area contributed by atoms with Crippen molar-refractivity contribution in [1.82, 2.24) is 4.31 Å². The van der Waals surface area contributed by atoms with Crippen molar-refractivity contribution in [2.75, 3.05) is 26.3 Å². The van der Waals surface area contributed by atoms with E-state index in [0.717, 1.165) is 0 Å². The number of benzene rings is 1. The number of nitrogens with zero attached hydrogens (tertiary/aromatic N) is 1. The lowest BCUT2D eigenvalue weighted by molar-refractivity contribution is -0.257. The number of aromatic carboxylic acids is 1. The number of rotatable bonds is 3. The first-order valence-corrected chi connectivity index (χ1v) is 8.17. The molecule has 0 bridgehead atoms. The predicted octanol–water partition coefficient (Wildman–Crippen LogP) is 0.126. The van der Waals surface area contributed by atoms with Gasteiger partial charge in [0.15, 0.2) is 5.76 Å². The van der Waals surface area contributed by atoms with E-state index in [2.05, 4.69) is 0 Å². The summed E-state index contributed by atoms with van der Waals surface area (Å²) in [6, 6.07) is 4.31. The Hall–Kier alpha value is -1.90. The summed E-state index contributed by atoms with van der Waals surface area (Å²) in [6.07, 6.45) is 0. The highest BCUT2D eigenvalue weighted by atomic mass is 32.2. The van der Waals surface area contributed by atoms with E-state index in [4.69, 9.17) is 9.15 Å². The Morgan fingerprint density at radius 2 is 1.95 bits per heavy atom. The van der Waals surface area contributed by atoms with Crippen LogP contribution in [0.2, 0.25) is 0 Å². The molecule has 0 spiro atoms. The van der Waals surface area contributed by atoms with Crippen molar-refractivity contribution in [2.45, 2.75) is 11.8 Å². The van der Waals surface area contributed by atoms with Gasteiger partial charge in [-0.2, -0.15) is 4.31 Å². The molecule has 1 aromatic heterocycles. The molecule has 0 amide bonds. The number of carboxylic acids is 1. The average molecular weight is 324 g/mol. The van der Waals surface area contributed by atoms with Gasteiger partial charge in [-0.05, 0) is 25.1 Å². The quantitative estimate of drug-likeness (QED) is 0.795. The molecule has 0 saturated carbocycles. The smallest absolute Gasteiger partial charge is 0.243 e. The molecule has 118 valence electrons. The summed E-state index contributed by atoms with van der Waals surface area (Å²) in [7, 11) is -3.63. The Labute approximate surface area is 127 Å². The molecule has 1 aliphatic heterocycles. The maximum atomic E-state index is 12.6. The van der Waals surface area contributed by atoms with Crippen LogP contribution in [0, 0.1) is 6.92 Å². The molecular weight excluding hydrogens is 310 g/mol. The minimum Gasteiger partial charge on any atom is -0.542 e. The van der Waals surface area contributed by atoms with Gasteiger partial charge in [0.2, 0.25) is 10.0 Å². The molecule has 22 heavy (non-hydrogen) atoms. The van der Waals surface area contributed by atoms with Gasteiger partial charge in [0.1, 0.15) is 11.6 Å². The third-order valence-corrected chi connectivity index (χ3v) is 5.60. The van der Waals surface area contributed by atoms with Crippen LogP contribution in [-0.2, 0) is 14.8 Å². The van der Waals surface area contributed by atoms with Crippen LogP contribution in [0.5, 0.6) is 0 Å². The molecule has 2 aromatic rings. The fourth-order valence-electron chi connectivity index (χ4n) is 2.49. The van der Waals surface area contributed by atoms with Gasteiger partial charge in [-0.3, -0.25) is 0 Å². The number of ether oxygens (including phenoxy) is 1. The first-order chi connectivity index (χ1) is 10.4. The number of sulfonamides is 1. The summed E-state index contributed by atoms with van der Waals surface area (Å²) in [5.41, 5.74) is 0.673. The summed E-state index contributed by atoms with van der Waals surface area (Å²) in [4.78, 5) is 11.1. The van der Waals surface area contributed by atoms with E-state index in [0.29, 0.717) is 42.8 Å². The molecule has 8 heteroatoms. The molecule has 0 aliphatic carbocycles. The van der Waals surface area contributed by atoms with Crippen LogP contribution in [0.3, 0.4) is 0 Å². The number of aryl methyl sites for hydroxylation is 1. The van der Waals surface area contributed by atoms with Crippen LogP contribution in [0.4, 0.5) is 0 Å². The lowest BCUT2D eigenvalue weighted by atomic mass is 10.1. The Bertz CT molecular complexity index is 832. The number of furan rings is 1. The summed E-state index contributed by atoms with van der Waals surface area (Å²) < 4.78 is 36.9. The van der Waals surface area contributed by atoms with Crippen molar-refractivity contribution in [3.05, 3.63) is 29.5 Å². The standard InChI is InChI=1S/C14H15NO6S/c1-9-11-8-10(2-3-12(11)21-13(9)14(16)17)22(18,19)15-4-6-20-7-5-15/h2-3,8H,4-7H2,1H3,(H,16,17)/p-1. The van der Waals surface area contributed by atoms with E-state index in [1.54, 1.807) is 6.92 Å². The van der Waals surface area contributed by atoms with E-state index in [1.807, 2.05) is 0 Å². The third-order valence-electron chi connectivity index (χ3n) is 3.70. The lowest BCUT2D eigenvalue weighted by Gasteiger charge is -2.26. The second kappa shape index (κ2) is 5.38. The third kappa shape index (κ3) is 2.39. The van der Waals surface area contributed by atoms with Gasteiger partial charge in [-0.15, -0.1) is 0 Å². The van der Waals surface area contributed by atoms with Gasteiger partial charge in [0.05, 0.1) is 18.1 Å². The fraction of sp³-hybridized carbons (Fsp3) is 0.357. The van der Waals surface area contributed by atoms with Crippen molar-refractivity contribution in [3.8, 4) is 0 Å². The number of hydrogen-bond acceptors (Lipinski definition) is 6. The molecule has 0 unspecified atom stereocenters. The zero-order chi connectivity index (χ0) is 15.9. The molecule has 3 rings (SSSR count). The van der Waals surface area contributed by atoms with Crippen molar-refractivity contribution < 1.29 is 27.5 Å². The minimum absolute atomic E-state index is 0.107. The first kappa shape index (κ1) is 15.0. The highest BCUT2D eigenvalue weighted by molar-refractivity contribution is 7.89. The van der Waals surface area contributed by atoms with Crippen LogP contribution in [-0.4, -0.2) is 45.0 Å². The molecule has 1 aromatic carbocycles. The Morgan fingerprint density at radius 1 is 1.27 bits per heavy atom. The molecule has 0 radical (unpaired) electrons. The SMILES string of the molecule is Cc1c(C(=O)[O-])oc2ccc(S(=O)(=O)N3CCOCC3)cc12. The molecule has 7 nitrogen and oxygen atoms in total.